The van der Waals surface area contributed by atoms with Crippen molar-refractivity contribution in [1.29, 1.82) is 0 Å². The molecule has 1 saturated heterocycles. The van der Waals surface area contributed by atoms with E-state index in [2.05, 4.69) is 20.8 Å². The lowest BCUT2D eigenvalue weighted by Crippen LogP contribution is -2.38. The molecule has 0 saturated carbocycles. The monoisotopic (exact) mass is 324 g/mol. The zero-order valence-corrected chi connectivity index (χ0v) is 13.6. The summed E-state index contributed by atoms with van der Waals surface area (Å²) < 4.78 is 5.16. The quantitative estimate of drug-likeness (QED) is 0.902. The molecular formula is C15H21ClN4O2. The fraction of sp³-hybridized carbons (Fsp3) is 0.533. The maximum absolute atomic E-state index is 12.5. The standard InChI is InChI=1S/C15H20N4O2.ClH/c1-9-6-12(13-10(2)19-21-15(13)18-9)14(20)17-8-11-4-3-5-16-7-11;/h6,11,16H,3-5,7-8H2,1-2H3,(H,17,20);1H. The number of piperidine rings is 1. The summed E-state index contributed by atoms with van der Waals surface area (Å²) in [4.78, 5) is 16.7. The minimum Gasteiger partial charge on any atom is -0.352 e. The van der Waals surface area contributed by atoms with Crippen molar-refractivity contribution in [2.75, 3.05) is 19.6 Å². The normalized spacial score (nSPS) is 18.0. The molecular weight excluding hydrogens is 304 g/mol. The summed E-state index contributed by atoms with van der Waals surface area (Å²) in [5.41, 5.74) is 2.47. The van der Waals surface area contributed by atoms with Gasteiger partial charge in [-0.1, -0.05) is 5.16 Å². The summed E-state index contributed by atoms with van der Waals surface area (Å²) in [5.74, 6) is 0.423. The molecule has 0 aliphatic carbocycles. The maximum Gasteiger partial charge on any atom is 0.258 e. The fourth-order valence-corrected chi connectivity index (χ4v) is 2.83. The Bertz CT molecular complexity index is 665. The number of nitrogens with zero attached hydrogens (tertiary/aromatic N) is 2. The highest BCUT2D eigenvalue weighted by Gasteiger charge is 2.19. The molecule has 1 unspecified atom stereocenters. The minimum atomic E-state index is -0.0811. The smallest absolute Gasteiger partial charge is 0.258 e. The average molecular weight is 325 g/mol. The molecule has 1 aliphatic heterocycles. The average Bonchev–Trinajstić information content (AvgIpc) is 2.86. The van der Waals surface area contributed by atoms with Gasteiger partial charge in [0, 0.05) is 12.2 Å². The lowest BCUT2D eigenvalue weighted by atomic mass is 9.99. The second kappa shape index (κ2) is 7.07. The van der Waals surface area contributed by atoms with E-state index in [-0.39, 0.29) is 18.3 Å². The molecule has 0 radical (unpaired) electrons. The van der Waals surface area contributed by atoms with Crippen LogP contribution in [0.1, 0.15) is 34.6 Å². The van der Waals surface area contributed by atoms with Crippen LogP contribution in [0.25, 0.3) is 11.1 Å². The number of halogens is 1. The molecule has 2 aromatic heterocycles. The van der Waals surface area contributed by atoms with Crippen LogP contribution in [0.5, 0.6) is 0 Å². The third-order valence-corrected chi connectivity index (χ3v) is 3.94. The first-order valence-electron chi connectivity index (χ1n) is 7.37. The van der Waals surface area contributed by atoms with Gasteiger partial charge < -0.3 is 15.2 Å². The molecule has 120 valence electrons. The summed E-state index contributed by atoms with van der Waals surface area (Å²) in [6.45, 7) is 6.41. The molecule has 1 amide bonds. The molecule has 1 fully saturated rings. The molecule has 2 aromatic rings. The SMILES string of the molecule is Cc1cc(C(=O)NCC2CCCNC2)c2c(C)noc2n1.Cl. The lowest BCUT2D eigenvalue weighted by molar-refractivity contribution is 0.0946. The van der Waals surface area contributed by atoms with Crippen LogP contribution in [0.4, 0.5) is 0 Å². The van der Waals surface area contributed by atoms with Gasteiger partial charge in [-0.25, -0.2) is 4.98 Å². The highest BCUT2D eigenvalue weighted by Crippen LogP contribution is 2.21. The van der Waals surface area contributed by atoms with Gasteiger partial charge in [-0.05, 0) is 51.8 Å². The number of fused-ring (bicyclic) bond motifs is 1. The second-order valence-corrected chi connectivity index (χ2v) is 5.68. The Morgan fingerprint density at radius 1 is 1.50 bits per heavy atom. The minimum absolute atomic E-state index is 0. The van der Waals surface area contributed by atoms with Gasteiger partial charge in [0.1, 0.15) is 0 Å². The molecule has 3 heterocycles. The predicted octanol–water partition coefficient (Wildman–Crippen LogP) is 1.99. The molecule has 2 N–H and O–H groups in total. The maximum atomic E-state index is 12.5. The molecule has 3 rings (SSSR count). The molecule has 22 heavy (non-hydrogen) atoms. The van der Waals surface area contributed by atoms with Crippen LogP contribution in [-0.4, -0.2) is 35.7 Å². The Kier molecular flexibility index (Phi) is 5.37. The van der Waals surface area contributed by atoms with Crippen LogP contribution in [-0.2, 0) is 0 Å². The van der Waals surface area contributed by atoms with Crippen molar-refractivity contribution in [2.24, 2.45) is 5.92 Å². The number of carbonyl (C=O) groups excluding carboxylic acids is 1. The van der Waals surface area contributed by atoms with Crippen molar-refractivity contribution in [3.05, 3.63) is 23.0 Å². The van der Waals surface area contributed by atoms with Crippen molar-refractivity contribution >= 4 is 29.4 Å². The van der Waals surface area contributed by atoms with Crippen molar-refractivity contribution in [3.8, 4) is 0 Å². The van der Waals surface area contributed by atoms with Gasteiger partial charge in [0.25, 0.3) is 11.6 Å². The molecule has 0 aromatic carbocycles. The summed E-state index contributed by atoms with van der Waals surface area (Å²) in [7, 11) is 0. The van der Waals surface area contributed by atoms with Crippen LogP contribution >= 0.6 is 12.4 Å². The van der Waals surface area contributed by atoms with E-state index in [1.807, 2.05) is 13.8 Å². The molecule has 0 spiro atoms. The zero-order valence-electron chi connectivity index (χ0n) is 12.8. The number of aryl methyl sites for hydroxylation is 2. The van der Waals surface area contributed by atoms with Gasteiger partial charge in [0.05, 0.1) is 16.6 Å². The van der Waals surface area contributed by atoms with E-state index in [9.17, 15) is 4.79 Å². The zero-order chi connectivity index (χ0) is 14.8. The number of nitrogens with one attached hydrogen (secondary N) is 2. The topological polar surface area (TPSA) is 80.0 Å². The number of hydrogen-bond donors (Lipinski definition) is 2. The Morgan fingerprint density at radius 2 is 2.32 bits per heavy atom. The Balaban J connectivity index is 0.00000176. The van der Waals surface area contributed by atoms with E-state index in [0.717, 1.165) is 25.2 Å². The first kappa shape index (κ1) is 16.7. The highest BCUT2D eigenvalue weighted by atomic mass is 35.5. The number of aromatic nitrogens is 2. The van der Waals surface area contributed by atoms with E-state index in [1.165, 1.54) is 6.42 Å². The van der Waals surface area contributed by atoms with Gasteiger partial charge in [-0.2, -0.15) is 0 Å². The van der Waals surface area contributed by atoms with Crippen LogP contribution < -0.4 is 10.6 Å². The van der Waals surface area contributed by atoms with E-state index < -0.39 is 0 Å². The van der Waals surface area contributed by atoms with Crippen molar-refractivity contribution < 1.29 is 9.32 Å². The molecule has 1 aliphatic rings. The van der Waals surface area contributed by atoms with Crippen molar-refractivity contribution in [2.45, 2.75) is 26.7 Å². The van der Waals surface area contributed by atoms with Gasteiger partial charge >= 0.3 is 0 Å². The molecule has 7 heteroatoms. The fourth-order valence-electron chi connectivity index (χ4n) is 2.83. The summed E-state index contributed by atoms with van der Waals surface area (Å²) in [5, 5.41) is 11.0. The van der Waals surface area contributed by atoms with Crippen LogP contribution in [0.15, 0.2) is 10.6 Å². The lowest BCUT2D eigenvalue weighted by Gasteiger charge is -2.22. The Morgan fingerprint density at radius 3 is 3.05 bits per heavy atom. The van der Waals surface area contributed by atoms with Gasteiger partial charge in [0.15, 0.2) is 0 Å². The number of carbonyl (C=O) groups is 1. The number of rotatable bonds is 3. The van der Waals surface area contributed by atoms with Crippen LogP contribution in [0, 0.1) is 19.8 Å². The van der Waals surface area contributed by atoms with Crippen molar-refractivity contribution in [1.82, 2.24) is 20.8 Å². The number of pyridine rings is 1. The van der Waals surface area contributed by atoms with Gasteiger partial charge in [-0.15, -0.1) is 12.4 Å². The van der Waals surface area contributed by atoms with Gasteiger partial charge in [-0.3, -0.25) is 4.79 Å². The van der Waals surface area contributed by atoms with E-state index >= 15 is 0 Å². The van der Waals surface area contributed by atoms with Crippen LogP contribution in [0.3, 0.4) is 0 Å². The second-order valence-electron chi connectivity index (χ2n) is 5.68. The Labute approximate surface area is 135 Å². The van der Waals surface area contributed by atoms with Crippen LogP contribution in [0.2, 0.25) is 0 Å². The molecule has 6 nitrogen and oxygen atoms in total. The molecule has 1 atom stereocenters. The van der Waals surface area contributed by atoms with E-state index in [1.54, 1.807) is 6.07 Å². The largest absolute Gasteiger partial charge is 0.352 e. The summed E-state index contributed by atoms with van der Waals surface area (Å²) >= 11 is 0. The van der Waals surface area contributed by atoms with Crippen molar-refractivity contribution in [3.63, 3.8) is 0 Å². The number of hydrogen-bond acceptors (Lipinski definition) is 5. The van der Waals surface area contributed by atoms with E-state index in [4.69, 9.17) is 4.52 Å². The first-order valence-corrected chi connectivity index (χ1v) is 7.37. The first-order chi connectivity index (χ1) is 10.1. The molecule has 0 bridgehead atoms. The number of amides is 1. The third-order valence-electron chi connectivity index (χ3n) is 3.94. The third kappa shape index (κ3) is 3.39. The van der Waals surface area contributed by atoms with E-state index in [0.29, 0.717) is 34.8 Å². The highest BCUT2D eigenvalue weighted by molar-refractivity contribution is 6.06. The van der Waals surface area contributed by atoms with Gasteiger partial charge in [0.2, 0.25) is 0 Å². The summed E-state index contributed by atoms with van der Waals surface area (Å²) in [6, 6.07) is 1.79. The summed E-state index contributed by atoms with van der Waals surface area (Å²) in [6.07, 6.45) is 2.33. The Hall–Kier alpha value is -1.66. The predicted molar refractivity (Wildman–Crippen MR) is 86.5 cm³/mol.